The number of nitrogen functional groups attached to an aromatic ring is 2. The molecular weight excluding hydrogens is 370 g/mol. The molecule has 0 spiro atoms. The molecule has 30 heavy (non-hydrogen) atoms. The molecule has 5 aromatic rings. The number of rotatable bonds is 2. The molecule has 0 saturated heterocycles. The van der Waals surface area contributed by atoms with Gasteiger partial charge < -0.3 is 16.0 Å². The van der Waals surface area contributed by atoms with Gasteiger partial charge >= 0.3 is 0 Å². The van der Waals surface area contributed by atoms with Gasteiger partial charge in [0, 0.05) is 34.6 Å². The quantitative estimate of drug-likeness (QED) is 0.443. The van der Waals surface area contributed by atoms with E-state index in [-0.39, 0.29) is 5.95 Å². The third-order valence-electron chi connectivity index (χ3n) is 5.07. The Balaban J connectivity index is 1.49. The van der Waals surface area contributed by atoms with E-state index in [1.165, 1.54) is 5.56 Å². The van der Waals surface area contributed by atoms with Gasteiger partial charge in [-0.3, -0.25) is 0 Å². The first-order chi connectivity index (χ1) is 14.7. The summed E-state index contributed by atoms with van der Waals surface area (Å²) in [4.78, 5) is 8.46. The van der Waals surface area contributed by atoms with Gasteiger partial charge in [-0.15, -0.1) is 0 Å². The maximum atomic E-state index is 6.01. The lowest BCUT2D eigenvalue weighted by atomic mass is 10.1. The highest BCUT2D eigenvalue weighted by molar-refractivity contribution is 6.07. The molecule has 0 radical (unpaired) electrons. The molecule has 3 aromatic carbocycles. The minimum Gasteiger partial charge on any atom is -0.383 e. The Bertz CT molecular complexity index is 1440. The molecule has 2 aromatic heterocycles. The Kier molecular flexibility index (Phi) is 4.30. The second-order valence-corrected chi connectivity index (χ2v) is 7.12. The normalized spacial score (nSPS) is 10.8. The number of benzene rings is 3. The minimum atomic E-state index is 0.185. The molecule has 0 atom stereocenters. The third kappa shape index (κ3) is 3.31. The number of anilines is 2. The summed E-state index contributed by atoms with van der Waals surface area (Å²) in [5, 5.41) is 1.82. The molecule has 5 rings (SSSR count). The van der Waals surface area contributed by atoms with E-state index in [1.807, 2.05) is 60.7 Å². The first-order valence-corrected chi connectivity index (χ1v) is 9.64. The largest absolute Gasteiger partial charge is 0.383 e. The summed E-state index contributed by atoms with van der Waals surface area (Å²) >= 11 is 0. The van der Waals surface area contributed by atoms with Gasteiger partial charge in [0.15, 0.2) is 0 Å². The van der Waals surface area contributed by atoms with Crippen molar-refractivity contribution in [2.75, 3.05) is 11.5 Å². The van der Waals surface area contributed by atoms with E-state index in [0.717, 1.165) is 39.5 Å². The van der Waals surface area contributed by atoms with Crippen LogP contribution in [0.25, 0.3) is 21.8 Å². The number of hydrogen-bond acceptors (Lipinski definition) is 4. The van der Waals surface area contributed by atoms with Crippen molar-refractivity contribution in [3.63, 3.8) is 0 Å². The zero-order valence-corrected chi connectivity index (χ0v) is 16.2. The number of hydrogen-bond donors (Lipinski definition) is 2. The van der Waals surface area contributed by atoms with E-state index in [9.17, 15) is 0 Å². The fourth-order valence-corrected chi connectivity index (χ4v) is 3.66. The zero-order chi connectivity index (χ0) is 20.5. The van der Waals surface area contributed by atoms with Crippen LogP contribution in [0.15, 0.2) is 79.0 Å². The van der Waals surface area contributed by atoms with Crippen molar-refractivity contribution in [2.24, 2.45) is 0 Å². The van der Waals surface area contributed by atoms with Gasteiger partial charge in [-0.05, 0) is 48.0 Å². The van der Waals surface area contributed by atoms with Crippen molar-refractivity contribution < 1.29 is 0 Å². The summed E-state index contributed by atoms with van der Waals surface area (Å²) in [6, 6.07) is 24.3. The van der Waals surface area contributed by atoms with Crippen LogP contribution in [0, 0.1) is 11.8 Å². The molecule has 5 nitrogen and oxygen atoms in total. The average molecular weight is 389 g/mol. The Hall–Kier alpha value is -4.30. The lowest BCUT2D eigenvalue weighted by molar-refractivity contribution is 0.837. The molecule has 0 fully saturated rings. The van der Waals surface area contributed by atoms with Crippen molar-refractivity contribution >= 4 is 33.6 Å². The van der Waals surface area contributed by atoms with Gasteiger partial charge in [0.25, 0.3) is 0 Å². The highest BCUT2D eigenvalue weighted by Gasteiger charge is 2.10. The second kappa shape index (κ2) is 7.26. The predicted octanol–water partition coefficient (Wildman–Crippen LogP) is 4.20. The summed E-state index contributed by atoms with van der Waals surface area (Å²) in [7, 11) is 0. The van der Waals surface area contributed by atoms with Gasteiger partial charge in [0.05, 0.1) is 11.0 Å². The van der Waals surface area contributed by atoms with Crippen LogP contribution in [-0.2, 0) is 6.54 Å². The van der Waals surface area contributed by atoms with Gasteiger partial charge in [0.1, 0.15) is 5.82 Å². The Labute approximate surface area is 174 Å². The van der Waals surface area contributed by atoms with E-state index in [1.54, 1.807) is 0 Å². The van der Waals surface area contributed by atoms with Crippen LogP contribution in [0.5, 0.6) is 0 Å². The van der Waals surface area contributed by atoms with Crippen molar-refractivity contribution in [2.45, 2.75) is 6.54 Å². The maximum Gasteiger partial charge on any atom is 0.222 e. The molecule has 4 N–H and O–H groups in total. The van der Waals surface area contributed by atoms with Crippen LogP contribution in [0.4, 0.5) is 11.8 Å². The van der Waals surface area contributed by atoms with Crippen molar-refractivity contribution in [1.82, 2.24) is 14.5 Å². The van der Waals surface area contributed by atoms with E-state index in [4.69, 9.17) is 11.5 Å². The minimum absolute atomic E-state index is 0.185. The van der Waals surface area contributed by atoms with Gasteiger partial charge in [-0.2, -0.15) is 4.98 Å². The SMILES string of the molecule is Nc1nc(N)c2ccc3c(ccn3Cc3cccc(C#Cc4ccccc4)c3)c2n1. The number of nitrogens with zero attached hydrogens (tertiary/aromatic N) is 3. The van der Waals surface area contributed by atoms with Gasteiger partial charge in [-0.25, -0.2) is 4.98 Å². The maximum absolute atomic E-state index is 6.01. The number of nitrogens with two attached hydrogens (primary N) is 2. The van der Waals surface area contributed by atoms with Crippen LogP contribution in [0.3, 0.4) is 0 Å². The van der Waals surface area contributed by atoms with Crippen LogP contribution in [-0.4, -0.2) is 14.5 Å². The molecular formula is C25H19N5. The standard InChI is InChI=1S/C25H19N5/c26-24-21-11-12-22-20(23(21)28-25(27)29-24)13-14-30(22)16-19-8-4-7-18(15-19)10-9-17-5-2-1-3-6-17/h1-8,11-15H,16H2,(H4,26,27,28,29). The Morgan fingerprint density at radius 1 is 0.767 bits per heavy atom. The average Bonchev–Trinajstić information content (AvgIpc) is 3.16. The summed E-state index contributed by atoms with van der Waals surface area (Å²) in [6.07, 6.45) is 2.06. The van der Waals surface area contributed by atoms with E-state index in [0.29, 0.717) is 5.82 Å². The highest BCUT2D eigenvalue weighted by atomic mass is 15.0. The fraction of sp³-hybridized carbons (Fsp3) is 0.0400. The molecule has 0 aliphatic carbocycles. The van der Waals surface area contributed by atoms with E-state index >= 15 is 0 Å². The summed E-state index contributed by atoms with van der Waals surface area (Å²) in [5.74, 6) is 7.05. The number of aromatic nitrogens is 3. The smallest absolute Gasteiger partial charge is 0.222 e. The molecule has 5 heteroatoms. The molecule has 0 saturated carbocycles. The monoisotopic (exact) mass is 389 g/mol. The van der Waals surface area contributed by atoms with E-state index < -0.39 is 0 Å². The second-order valence-electron chi connectivity index (χ2n) is 7.12. The first kappa shape index (κ1) is 17.8. The Morgan fingerprint density at radius 3 is 2.43 bits per heavy atom. The van der Waals surface area contributed by atoms with Crippen LogP contribution >= 0.6 is 0 Å². The fourth-order valence-electron chi connectivity index (χ4n) is 3.66. The lowest BCUT2D eigenvalue weighted by Crippen LogP contribution is -2.01. The predicted molar refractivity (Wildman–Crippen MR) is 122 cm³/mol. The molecule has 0 bridgehead atoms. The third-order valence-corrected chi connectivity index (χ3v) is 5.07. The molecule has 144 valence electrons. The van der Waals surface area contributed by atoms with Gasteiger partial charge in [-0.1, -0.05) is 42.2 Å². The number of fused-ring (bicyclic) bond motifs is 3. The molecule has 0 amide bonds. The van der Waals surface area contributed by atoms with Crippen molar-refractivity contribution in [1.29, 1.82) is 0 Å². The van der Waals surface area contributed by atoms with Crippen LogP contribution in [0.2, 0.25) is 0 Å². The Morgan fingerprint density at radius 2 is 1.57 bits per heavy atom. The molecule has 2 heterocycles. The van der Waals surface area contributed by atoms with Crippen LogP contribution < -0.4 is 11.5 Å². The topological polar surface area (TPSA) is 82.7 Å². The van der Waals surface area contributed by atoms with Gasteiger partial charge in [0.2, 0.25) is 5.95 Å². The summed E-state index contributed by atoms with van der Waals surface area (Å²) < 4.78 is 2.19. The molecule has 0 aliphatic heterocycles. The zero-order valence-electron chi connectivity index (χ0n) is 16.2. The molecule has 0 aliphatic rings. The van der Waals surface area contributed by atoms with Crippen molar-refractivity contribution in [3.05, 3.63) is 95.7 Å². The van der Waals surface area contributed by atoms with Crippen LogP contribution in [0.1, 0.15) is 16.7 Å². The van der Waals surface area contributed by atoms with Crippen molar-refractivity contribution in [3.8, 4) is 11.8 Å². The summed E-state index contributed by atoms with van der Waals surface area (Å²) in [6.45, 7) is 0.728. The highest BCUT2D eigenvalue weighted by Crippen LogP contribution is 2.28. The summed E-state index contributed by atoms with van der Waals surface area (Å²) in [5.41, 5.74) is 16.8. The first-order valence-electron chi connectivity index (χ1n) is 9.64. The molecule has 0 unspecified atom stereocenters. The van der Waals surface area contributed by atoms with E-state index in [2.05, 4.69) is 44.7 Å². The lowest BCUT2D eigenvalue weighted by Gasteiger charge is -2.08.